The molecule has 2 aliphatic rings. The van der Waals surface area contributed by atoms with Crippen LogP contribution in [0.5, 0.6) is 0 Å². The molecule has 0 saturated heterocycles. The van der Waals surface area contributed by atoms with Crippen molar-refractivity contribution in [3.63, 3.8) is 0 Å². The van der Waals surface area contributed by atoms with E-state index in [9.17, 15) is 0 Å². The van der Waals surface area contributed by atoms with Crippen molar-refractivity contribution < 1.29 is 25.8 Å². The molecule has 0 saturated carbocycles. The van der Waals surface area contributed by atoms with Gasteiger partial charge in [0.15, 0.2) is 0 Å². The fraction of sp³-hybridized carbons (Fsp3) is 0.100. The molecule has 1 nitrogen and oxygen atoms in total. The summed E-state index contributed by atoms with van der Waals surface area (Å²) in [5, 5.41) is 1.46. The molecule has 4 bridgehead atoms. The number of hydrogen-bond acceptors (Lipinski definition) is 0. The molecule has 0 spiro atoms. The van der Waals surface area contributed by atoms with Crippen LogP contribution in [0, 0.1) is 7.14 Å². The van der Waals surface area contributed by atoms with Gasteiger partial charge >= 0.3 is 81.3 Å². The van der Waals surface area contributed by atoms with E-state index >= 15 is 0 Å². The molecule has 0 aliphatic carbocycles. The maximum absolute atomic E-state index is 2.33. The van der Waals surface area contributed by atoms with E-state index in [2.05, 4.69) is 42.1 Å². The molecular weight excluding hydrogens is 261 g/mol. The average Bonchev–Trinajstić information content (AvgIpc) is 2.13. The molecule has 0 atom stereocenters. The summed E-state index contributed by atoms with van der Waals surface area (Å²) in [6.07, 6.45) is 2.17. The summed E-state index contributed by atoms with van der Waals surface area (Å²) in [5.41, 5.74) is 1.39. The van der Waals surface area contributed by atoms with Gasteiger partial charge in [-0.05, 0) is 0 Å². The van der Waals surface area contributed by atoms with Crippen molar-refractivity contribution in [3.05, 3.63) is 37.6 Å². The second kappa shape index (κ2) is 2.19. The summed E-state index contributed by atoms with van der Waals surface area (Å²) >= 11 is 0.157. The van der Waals surface area contributed by atoms with Crippen molar-refractivity contribution in [2.24, 2.45) is 7.05 Å². The number of benzene rings is 1. The van der Waals surface area contributed by atoms with Gasteiger partial charge in [0, 0.05) is 0 Å². The molecule has 0 radical (unpaired) electrons. The summed E-state index contributed by atoms with van der Waals surface area (Å²) in [6.45, 7) is 0. The Morgan fingerprint density at radius 2 is 2.17 bits per heavy atom. The van der Waals surface area contributed by atoms with E-state index in [1.54, 1.807) is 7.14 Å². The standard InChI is InChI=1S/C10H8IN/c1-12-5-4-9-8-3-2-7(11-9)6-10(8)12/h2-6H,1H3. The number of pyridine rings is 1. The van der Waals surface area contributed by atoms with Gasteiger partial charge in [-0.3, -0.25) is 0 Å². The molecule has 0 N–H and O–H groups in total. The number of halogens is 1. The Morgan fingerprint density at radius 3 is 2.92 bits per heavy atom. The number of hydrogen-bond donors (Lipinski definition) is 0. The Morgan fingerprint density at radius 1 is 1.25 bits per heavy atom. The molecule has 2 aliphatic heterocycles. The first-order chi connectivity index (χ1) is 5.84. The Kier molecular flexibility index (Phi) is 1.25. The predicted molar refractivity (Wildman–Crippen MR) is 42.5 cm³/mol. The molecule has 60 valence electrons. The summed E-state index contributed by atoms with van der Waals surface area (Å²) < 4.78 is 5.33. The average molecular weight is 269 g/mol. The van der Waals surface area contributed by atoms with E-state index in [-0.39, 0.29) is 21.2 Å². The van der Waals surface area contributed by atoms with E-state index < -0.39 is 0 Å². The van der Waals surface area contributed by atoms with Crippen molar-refractivity contribution >= 4 is 10.9 Å². The van der Waals surface area contributed by atoms with Gasteiger partial charge in [-0.2, -0.15) is 0 Å². The van der Waals surface area contributed by atoms with Gasteiger partial charge in [0.05, 0.1) is 0 Å². The molecule has 0 amide bonds. The van der Waals surface area contributed by atoms with E-state index in [0.29, 0.717) is 0 Å². The van der Waals surface area contributed by atoms with Crippen molar-refractivity contribution in [1.82, 2.24) is 0 Å². The SMILES string of the molecule is C[n+]1ccc2c3ccc(cc31)[I-]2. The number of nitrogens with zero attached hydrogens (tertiary/aromatic N) is 1. The summed E-state index contributed by atoms with van der Waals surface area (Å²) in [7, 11) is 2.11. The van der Waals surface area contributed by atoms with Gasteiger partial charge in [0.25, 0.3) is 0 Å². The first-order valence-electron chi connectivity index (χ1n) is 3.92. The second-order valence-electron chi connectivity index (χ2n) is 3.03. The van der Waals surface area contributed by atoms with Crippen molar-refractivity contribution in [3.8, 4) is 0 Å². The van der Waals surface area contributed by atoms with E-state index in [1.165, 1.54) is 10.9 Å². The third kappa shape index (κ3) is 0.759. The van der Waals surface area contributed by atoms with Gasteiger partial charge in [0.1, 0.15) is 0 Å². The monoisotopic (exact) mass is 269 g/mol. The molecule has 0 unspecified atom stereocenters. The zero-order valence-electron chi connectivity index (χ0n) is 6.71. The Balaban J connectivity index is 2.64. The zero-order chi connectivity index (χ0) is 8.13. The summed E-state index contributed by atoms with van der Waals surface area (Å²) in [5.74, 6) is 0. The maximum atomic E-state index is 2.33. The third-order valence-corrected chi connectivity index (χ3v) is 5.07. The topological polar surface area (TPSA) is 3.88 Å². The molecule has 4 rings (SSSR count). The molecule has 1 aromatic carbocycles. The van der Waals surface area contributed by atoms with Crippen LogP contribution in [0.3, 0.4) is 0 Å². The van der Waals surface area contributed by atoms with E-state index in [1.807, 2.05) is 0 Å². The fourth-order valence-corrected chi connectivity index (χ4v) is 4.17. The van der Waals surface area contributed by atoms with Crippen LogP contribution < -0.4 is 25.8 Å². The number of aromatic nitrogens is 1. The molecular formula is C10H8IN. The molecule has 1 aromatic heterocycles. The van der Waals surface area contributed by atoms with E-state index in [0.717, 1.165) is 0 Å². The minimum absolute atomic E-state index is 0.157. The normalized spacial score (nSPS) is 13.8. The van der Waals surface area contributed by atoms with Crippen LogP contribution >= 0.6 is 0 Å². The molecule has 2 heteroatoms. The van der Waals surface area contributed by atoms with Crippen LogP contribution in [0.15, 0.2) is 30.5 Å². The molecule has 3 heterocycles. The van der Waals surface area contributed by atoms with Gasteiger partial charge in [0.2, 0.25) is 0 Å². The van der Waals surface area contributed by atoms with Gasteiger partial charge in [-0.15, -0.1) is 0 Å². The first-order valence-corrected chi connectivity index (χ1v) is 6.07. The summed E-state index contributed by atoms with van der Waals surface area (Å²) in [6, 6.07) is 9.12. The summed E-state index contributed by atoms with van der Waals surface area (Å²) in [4.78, 5) is 0. The van der Waals surface area contributed by atoms with Crippen LogP contribution in [0.1, 0.15) is 0 Å². The first kappa shape index (κ1) is 6.83. The van der Waals surface area contributed by atoms with Gasteiger partial charge in [-0.25, -0.2) is 0 Å². The number of rotatable bonds is 0. The Labute approximate surface area is 81.3 Å². The van der Waals surface area contributed by atoms with Gasteiger partial charge in [-0.1, -0.05) is 0 Å². The zero-order valence-corrected chi connectivity index (χ0v) is 8.87. The van der Waals surface area contributed by atoms with Crippen LogP contribution in [-0.4, -0.2) is 0 Å². The third-order valence-electron chi connectivity index (χ3n) is 2.25. The molecule has 12 heavy (non-hydrogen) atoms. The minimum atomic E-state index is 0.157. The number of aryl methyl sites for hydroxylation is 1. The number of fused-ring (bicyclic) bond motifs is 1. The molecule has 0 fully saturated rings. The Hall–Kier alpha value is -0.640. The van der Waals surface area contributed by atoms with E-state index in [4.69, 9.17) is 0 Å². The van der Waals surface area contributed by atoms with Crippen LogP contribution in [0.25, 0.3) is 10.9 Å². The quantitative estimate of drug-likeness (QED) is 0.332. The second-order valence-corrected chi connectivity index (χ2v) is 5.98. The Bertz CT molecular complexity index is 476. The van der Waals surface area contributed by atoms with Gasteiger partial charge < -0.3 is 0 Å². The fourth-order valence-electron chi connectivity index (χ4n) is 1.60. The van der Waals surface area contributed by atoms with Crippen molar-refractivity contribution in [2.45, 2.75) is 0 Å². The van der Waals surface area contributed by atoms with Crippen molar-refractivity contribution in [2.75, 3.05) is 0 Å². The molecule has 2 aromatic rings. The van der Waals surface area contributed by atoms with Crippen molar-refractivity contribution in [1.29, 1.82) is 0 Å². The van der Waals surface area contributed by atoms with Crippen LogP contribution in [-0.2, 0) is 7.05 Å². The van der Waals surface area contributed by atoms with Crippen LogP contribution in [0.4, 0.5) is 0 Å². The van der Waals surface area contributed by atoms with Crippen LogP contribution in [0.2, 0.25) is 0 Å². The predicted octanol–water partition coefficient (Wildman–Crippen LogP) is -1.89.